The lowest BCUT2D eigenvalue weighted by Gasteiger charge is -2.07. The third-order valence-electron chi connectivity index (χ3n) is 2.72. The van der Waals surface area contributed by atoms with E-state index in [9.17, 15) is 18.5 Å². The molecule has 0 aliphatic heterocycles. The Labute approximate surface area is 131 Å². The highest BCUT2D eigenvalue weighted by molar-refractivity contribution is 7.89. The third kappa shape index (κ3) is 4.56. The van der Waals surface area contributed by atoms with Crippen molar-refractivity contribution in [3.63, 3.8) is 0 Å². The number of nitro groups is 1. The van der Waals surface area contributed by atoms with Crippen molar-refractivity contribution in [1.82, 2.24) is 15.0 Å². The van der Waals surface area contributed by atoms with Gasteiger partial charge in [0.2, 0.25) is 10.0 Å². The van der Waals surface area contributed by atoms with E-state index in [1.165, 1.54) is 29.5 Å². The Hall–Kier alpha value is -1.88. The van der Waals surface area contributed by atoms with Crippen LogP contribution < -0.4 is 10.0 Å². The van der Waals surface area contributed by atoms with E-state index in [0.717, 1.165) is 11.8 Å². The summed E-state index contributed by atoms with van der Waals surface area (Å²) in [5, 5.41) is 15.6. The molecule has 0 radical (unpaired) electrons. The Bertz CT molecular complexity index is 731. The zero-order valence-electron chi connectivity index (χ0n) is 11.4. The van der Waals surface area contributed by atoms with Crippen LogP contribution in [0, 0.1) is 10.1 Å². The number of hydrogen-bond acceptors (Lipinski definition) is 7. The summed E-state index contributed by atoms with van der Waals surface area (Å²) in [6, 6.07) is 4.94. The molecule has 0 amide bonds. The lowest BCUT2D eigenvalue weighted by atomic mass is 10.3. The van der Waals surface area contributed by atoms with Crippen LogP contribution in [0.2, 0.25) is 0 Å². The molecule has 118 valence electrons. The number of nitrogens with zero attached hydrogens (tertiary/aromatic N) is 2. The molecule has 0 unspecified atom stereocenters. The Balaban J connectivity index is 1.85. The number of sulfonamides is 1. The molecule has 0 saturated heterocycles. The average molecular weight is 342 g/mol. The van der Waals surface area contributed by atoms with Crippen molar-refractivity contribution in [2.24, 2.45) is 0 Å². The van der Waals surface area contributed by atoms with Gasteiger partial charge < -0.3 is 5.32 Å². The van der Waals surface area contributed by atoms with Gasteiger partial charge in [0.15, 0.2) is 0 Å². The highest BCUT2D eigenvalue weighted by Crippen LogP contribution is 2.16. The molecular weight excluding hydrogens is 328 g/mol. The maximum atomic E-state index is 12.0. The van der Waals surface area contributed by atoms with E-state index in [2.05, 4.69) is 15.0 Å². The van der Waals surface area contributed by atoms with E-state index in [-0.39, 0.29) is 17.1 Å². The van der Waals surface area contributed by atoms with Crippen molar-refractivity contribution in [1.29, 1.82) is 0 Å². The number of nitro benzene ring substituents is 1. The highest BCUT2D eigenvalue weighted by atomic mass is 32.2. The number of rotatable bonds is 8. The molecule has 0 fully saturated rings. The fraction of sp³-hybridized carbons (Fsp3) is 0.250. The topological polar surface area (TPSA) is 114 Å². The van der Waals surface area contributed by atoms with Crippen molar-refractivity contribution < 1.29 is 13.3 Å². The Morgan fingerprint density at radius 3 is 2.82 bits per heavy atom. The minimum Gasteiger partial charge on any atom is -0.310 e. The molecule has 0 aliphatic carbocycles. The van der Waals surface area contributed by atoms with E-state index in [1.807, 2.05) is 5.38 Å². The van der Waals surface area contributed by atoms with Gasteiger partial charge in [-0.2, -0.15) is 0 Å². The molecule has 0 spiro atoms. The zero-order valence-corrected chi connectivity index (χ0v) is 13.1. The molecule has 0 atom stereocenters. The van der Waals surface area contributed by atoms with Crippen molar-refractivity contribution in [2.75, 3.05) is 13.1 Å². The first-order valence-corrected chi connectivity index (χ1v) is 8.73. The summed E-state index contributed by atoms with van der Waals surface area (Å²) in [5.74, 6) is 0. The number of aromatic nitrogens is 1. The van der Waals surface area contributed by atoms with Crippen LogP contribution in [0.4, 0.5) is 5.69 Å². The minimum absolute atomic E-state index is 0.124. The van der Waals surface area contributed by atoms with Gasteiger partial charge in [0.25, 0.3) is 5.69 Å². The first-order valence-electron chi connectivity index (χ1n) is 6.31. The van der Waals surface area contributed by atoms with E-state index < -0.39 is 14.9 Å². The summed E-state index contributed by atoms with van der Waals surface area (Å²) in [5.41, 5.74) is 2.36. The third-order valence-corrected chi connectivity index (χ3v) is 4.82. The van der Waals surface area contributed by atoms with Crippen molar-refractivity contribution in [3.05, 3.63) is 51.0 Å². The molecular formula is C12H14N4O4S2. The van der Waals surface area contributed by atoms with Gasteiger partial charge in [0.05, 0.1) is 21.0 Å². The Morgan fingerprint density at radius 1 is 1.32 bits per heavy atom. The molecule has 8 nitrogen and oxygen atoms in total. The first kappa shape index (κ1) is 16.5. The van der Waals surface area contributed by atoms with E-state index in [4.69, 9.17) is 0 Å². The molecule has 1 aromatic carbocycles. The van der Waals surface area contributed by atoms with Crippen LogP contribution in [0.15, 0.2) is 40.1 Å². The fourth-order valence-electron chi connectivity index (χ4n) is 1.66. The van der Waals surface area contributed by atoms with Crippen molar-refractivity contribution in [2.45, 2.75) is 11.4 Å². The number of hydrogen-bond donors (Lipinski definition) is 2. The van der Waals surface area contributed by atoms with Gasteiger partial charge in [-0.1, -0.05) is 6.07 Å². The summed E-state index contributed by atoms with van der Waals surface area (Å²) in [4.78, 5) is 14.0. The maximum absolute atomic E-state index is 12.0. The number of nitrogens with one attached hydrogen (secondary N) is 2. The zero-order chi connectivity index (χ0) is 16.0. The Morgan fingerprint density at radius 2 is 2.14 bits per heavy atom. The largest absolute Gasteiger partial charge is 0.310 e. The van der Waals surface area contributed by atoms with Gasteiger partial charge in [-0.05, 0) is 6.07 Å². The van der Waals surface area contributed by atoms with E-state index in [1.54, 1.807) is 5.51 Å². The quantitative estimate of drug-likeness (QED) is 0.422. The number of thiazole rings is 1. The van der Waals surface area contributed by atoms with Crippen LogP contribution >= 0.6 is 11.3 Å². The minimum atomic E-state index is -3.76. The summed E-state index contributed by atoms with van der Waals surface area (Å²) >= 11 is 1.49. The molecule has 1 aromatic heterocycles. The van der Waals surface area contributed by atoms with E-state index >= 15 is 0 Å². The lowest BCUT2D eigenvalue weighted by molar-refractivity contribution is -0.385. The van der Waals surface area contributed by atoms with Gasteiger partial charge in [-0.15, -0.1) is 11.3 Å². The molecule has 2 rings (SSSR count). The van der Waals surface area contributed by atoms with Crippen LogP contribution in [0.5, 0.6) is 0 Å². The second-order valence-corrected chi connectivity index (χ2v) is 6.79. The summed E-state index contributed by atoms with van der Waals surface area (Å²) in [6.07, 6.45) is 0. The maximum Gasteiger partial charge on any atom is 0.270 e. The first-order chi connectivity index (χ1) is 10.5. The monoisotopic (exact) mass is 342 g/mol. The normalized spacial score (nSPS) is 11.5. The smallest absolute Gasteiger partial charge is 0.270 e. The lowest BCUT2D eigenvalue weighted by Crippen LogP contribution is -2.31. The van der Waals surface area contributed by atoms with Gasteiger partial charge in [0.1, 0.15) is 0 Å². The van der Waals surface area contributed by atoms with Gasteiger partial charge in [-0.25, -0.2) is 18.1 Å². The number of non-ortho nitro benzene ring substituents is 1. The average Bonchev–Trinajstić information content (AvgIpc) is 3.00. The van der Waals surface area contributed by atoms with Gasteiger partial charge in [0, 0.05) is 37.1 Å². The molecule has 1 heterocycles. The molecule has 0 bridgehead atoms. The number of benzene rings is 1. The summed E-state index contributed by atoms with van der Waals surface area (Å²) in [7, 11) is -3.76. The van der Waals surface area contributed by atoms with Gasteiger partial charge in [-0.3, -0.25) is 10.1 Å². The standard InChI is InChI=1S/C12H14N4O4S2/c17-16(18)11-2-1-3-12(6-11)22(19,20)15-5-4-13-7-10-8-21-9-14-10/h1-3,6,8-9,13,15H,4-5,7H2. The van der Waals surface area contributed by atoms with Crippen molar-refractivity contribution in [3.8, 4) is 0 Å². The van der Waals surface area contributed by atoms with Gasteiger partial charge >= 0.3 is 0 Å². The molecule has 2 N–H and O–H groups in total. The summed E-state index contributed by atoms with van der Waals surface area (Å²) in [6.45, 7) is 1.16. The SMILES string of the molecule is O=[N+]([O-])c1cccc(S(=O)(=O)NCCNCc2cscn2)c1. The Kier molecular flexibility index (Phi) is 5.55. The van der Waals surface area contributed by atoms with Crippen LogP contribution in [0.1, 0.15) is 5.69 Å². The highest BCUT2D eigenvalue weighted by Gasteiger charge is 2.16. The molecule has 10 heteroatoms. The molecule has 2 aromatic rings. The van der Waals surface area contributed by atoms with Crippen LogP contribution in [0.3, 0.4) is 0 Å². The second kappa shape index (κ2) is 7.40. The molecule has 0 aliphatic rings. The molecule has 22 heavy (non-hydrogen) atoms. The van der Waals surface area contributed by atoms with E-state index in [0.29, 0.717) is 13.1 Å². The van der Waals surface area contributed by atoms with Crippen molar-refractivity contribution >= 4 is 27.0 Å². The van der Waals surface area contributed by atoms with Crippen LogP contribution in [-0.4, -0.2) is 31.4 Å². The summed E-state index contributed by atoms with van der Waals surface area (Å²) < 4.78 is 26.4. The molecule has 0 saturated carbocycles. The van der Waals surface area contributed by atoms with Crippen LogP contribution in [0.25, 0.3) is 0 Å². The predicted molar refractivity (Wildman–Crippen MR) is 82.1 cm³/mol. The fourth-order valence-corrected chi connectivity index (χ4v) is 3.29. The second-order valence-electron chi connectivity index (χ2n) is 4.31. The predicted octanol–water partition coefficient (Wildman–Crippen LogP) is 1.12. The van der Waals surface area contributed by atoms with Crippen LogP contribution in [-0.2, 0) is 16.6 Å².